The van der Waals surface area contributed by atoms with Crippen molar-refractivity contribution < 1.29 is 14.6 Å². The molecule has 3 rings (SSSR count). The first-order valence-electron chi connectivity index (χ1n) is 10.6. The van der Waals surface area contributed by atoms with Gasteiger partial charge < -0.3 is 15.2 Å². The van der Waals surface area contributed by atoms with Gasteiger partial charge >= 0.3 is 0 Å². The predicted octanol–water partition coefficient (Wildman–Crippen LogP) is 3.24. The zero-order valence-electron chi connectivity index (χ0n) is 17.0. The highest BCUT2D eigenvalue weighted by Gasteiger charge is 2.35. The summed E-state index contributed by atoms with van der Waals surface area (Å²) < 4.78 is 7.44. The number of hydrogen-bond donors (Lipinski definition) is 2. The molecule has 2 N–H and O–H groups in total. The molecule has 0 spiro atoms. The molecule has 1 heterocycles. The van der Waals surface area contributed by atoms with Crippen molar-refractivity contribution in [3.8, 4) is 5.88 Å². The van der Waals surface area contributed by atoms with E-state index in [1.165, 1.54) is 38.5 Å². The number of aliphatic hydroxyl groups excluding tert-OH is 1. The first-order valence-corrected chi connectivity index (χ1v) is 10.6. The largest absolute Gasteiger partial charge is 0.477 e. The van der Waals surface area contributed by atoms with Gasteiger partial charge in [0, 0.05) is 6.04 Å². The van der Waals surface area contributed by atoms with Crippen LogP contribution < -0.4 is 10.1 Å². The molecule has 2 bridgehead atoms. The maximum Gasteiger partial charge on any atom is 0.258 e. The van der Waals surface area contributed by atoms with Crippen LogP contribution in [0.25, 0.3) is 0 Å². The SMILES string of the molecule is CC(C)COc1c(C(=O)NC(C)C2CC3CCCC(C3)C2)cnn1CCO. The maximum atomic E-state index is 12.9. The molecule has 2 aliphatic rings. The summed E-state index contributed by atoms with van der Waals surface area (Å²) in [4.78, 5) is 12.9. The molecular formula is C21H35N3O3. The summed E-state index contributed by atoms with van der Waals surface area (Å²) >= 11 is 0. The van der Waals surface area contributed by atoms with E-state index in [-0.39, 0.29) is 18.6 Å². The topological polar surface area (TPSA) is 76.4 Å². The lowest BCUT2D eigenvalue weighted by atomic mass is 9.66. The third kappa shape index (κ3) is 5.03. The van der Waals surface area contributed by atoms with Gasteiger partial charge in [0.05, 0.1) is 26.0 Å². The highest BCUT2D eigenvalue weighted by atomic mass is 16.5. The van der Waals surface area contributed by atoms with Gasteiger partial charge in [-0.2, -0.15) is 5.10 Å². The van der Waals surface area contributed by atoms with Crippen LogP contribution in [0.1, 0.15) is 69.7 Å². The van der Waals surface area contributed by atoms with Gasteiger partial charge in [0.1, 0.15) is 5.56 Å². The molecule has 3 atom stereocenters. The number of amides is 1. The van der Waals surface area contributed by atoms with Gasteiger partial charge in [0.25, 0.3) is 5.91 Å². The fraction of sp³-hybridized carbons (Fsp3) is 0.810. The number of nitrogens with zero attached hydrogens (tertiary/aromatic N) is 2. The molecule has 6 nitrogen and oxygen atoms in total. The Bertz CT molecular complexity index is 616. The highest BCUT2D eigenvalue weighted by Crippen LogP contribution is 2.43. The van der Waals surface area contributed by atoms with E-state index in [0.717, 1.165) is 11.8 Å². The fourth-order valence-corrected chi connectivity index (χ4v) is 4.78. The molecule has 1 aromatic heterocycles. The van der Waals surface area contributed by atoms with E-state index < -0.39 is 0 Å². The van der Waals surface area contributed by atoms with Crippen molar-refractivity contribution in [3.63, 3.8) is 0 Å². The molecule has 0 radical (unpaired) electrons. The quantitative estimate of drug-likeness (QED) is 0.729. The minimum Gasteiger partial charge on any atom is -0.477 e. The van der Waals surface area contributed by atoms with Crippen LogP contribution >= 0.6 is 0 Å². The standard InChI is InChI=1S/C21H35N3O3/c1-14(2)13-27-21-19(12-22-24(21)7-8-25)20(26)23-15(3)18-10-16-5-4-6-17(9-16)11-18/h12,14-18,25H,4-11,13H2,1-3H3,(H,23,26). The summed E-state index contributed by atoms with van der Waals surface area (Å²) in [6, 6.07) is 0.153. The summed E-state index contributed by atoms with van der Waals surface area (Å²) in [7, 11) is 0. The molecule has 27 heavy (non-hydrogen) atoms. The van der Waals surface area contributed by atoms with E-state index in [4.69, 9.17) is 4.74 Å². The summed E-state index contributed by atoms with van der Waals surface area (Å²) in [5.41, 5.74) is 0.465. The van der Waals surface area contributed by atoms with Crippen LogP contribution in [0.2, 0.25) is 0 Å². The van der Waals surface area contributed by atoms with Gasteiger partial charge in [0.2, 0.25) is 5.88 Å². The minimum atomic E-state index is -0.124. The Hall–Kier alpha value is -1.56. The molecule has 0 saturated heterocycles. The van der Waals surface area contributed by atoms with Gasteiger partial charge in [-0.05, 0) is 49.9 Å². The van der Waals surface area contributed by atoms with Gasteiger partial charge in [0.15, 0.2) is 0 Å². The summed E-state index contributed by atoms with van der Waals surface area (Å²) in [6.07, 6.45) is 9.51. The zero-order chi connectivity index (χ0) is 19.4. The van der Waals surface area contributed by atoms with Crippen molar-refractivity contribution in [1.29, 1.82) is 0 Å². The number of carbonyl (C=O) groups is 1. The number of aromatic nitrogens is 2. The number of carbonyl (C=O) groups excluding carboxylic acids is 1. The number of nitrogens with one attached hydrogen (secondary N) is 1. The second-order valence-electron chi connectivity index (χ2n) is 8.91. The van der Waals surface area contributed by atoms with Crippen molar-refractivity contribution in [2.75, 3.05) is 13.2 Å². The van der Waals surface area contributed by atoms with Crippen molar-refractivity contribution >= 4 is 5.91 Å². The Morgan fingerprint density at radius 3 is 2.63 bits per heavy atom. The molecule has 3 unspecified atom stereocenters. The van der Waals surface area contributed by atoms with Gasteiger partial charge in [-0.25, -0.2) is 4.68 Å². The number of aliphatic hydroxyl groups is 1. The van der Waals surface area contributed by atoms with E-state index in [1.807, 2.05) is 0 Å². The fourth-order valence-electron chi connectivity index (χ4n) is 4.78. The molecular weight excluding hydrogens is 342 g/mol. The van der Waals surface area contributed by atoms with Gasteiger partial charge in [-0.3, -0.25) is 4.79 Å². The lowest BCUT2D eigenvalue weighted by molar-refractivity contribution is 0.0849. The van der Waals surface area contributed by atoms with Crippen molar-refractivity contribution in [1.82, 2.24) is 15.1 Å². The van der Waals surface area contributed by atoms with Crippen molar-refractivity contribution in [2.24, 2.45) is 23.7 Å². The Labute approximate surface area is 162 Å². The Morgan fingerprint density at radius 2 is 2.00 bits per heavy atom. The number of rotatable bonds is 8. The first-order chi connectivity index (χ1) is 13.0. The molecule has 2 aliphatic carbocycles. The molecule has 152 valence electrons. The highest BCUT2D eigenvalue weighted by molar-refractivity contribution is 5.96. The molecule has 1 aromatic rings. The molecule has 2 saturated carbocycles. The maximum absolute atomic E-state index is 12.9. The van der Waals surface area contributed by atoms with E-state index in [9.17, 15) is 9.90 Å². The lowest BCUT2D eigenvalue weighted by Gasteiger charge is -2.41. The Balaban J connectivity index is 1.66. The van der Waals surface area contributed by atoms with Crippen LogP contribution in [-0.2, 0) is 6.54 Å². The molecule has 0 aromatic carbocycles. The third-order valence-corrected chi connectivity index (χ3v) is 6.13. The normalized spacial score (nSPS) is 26.0. The summed E-state index contributed by atoms with van der Waals surface area (Å²) in [6.45, 7) is 7.06. The number of fused-ring (bicyclic) bond motifs is 2. The van der Waals surface area contributed by atoms with Crippen LogP contribution in [0.4, 0.5) is 0 Å². The summed E-state index contributed by atoms with van der Waals surface area (Å²) in [5.74, 6) is 2.94. The van der Waals surface area contributed by atoms with Gasteiger partial charge in [-0.1, -0.05) is 33.1 Å². The van der Waals surface area contributed by atoms with Crippen LogP contribution in [0.3, 0.4) is 0 Å². The van der Waals surface area contributed by atoms with E-state index >= 15 is 0 Å². The zero-order valence-corrected chi connectivity index (χ0v) is 17.0. The third-order valence-electron chi connectivity index (χ3n) is 6.13. The van der Waals surface area contributed by atoms with Crippen LogP contribution in [-0.4, -0.2) is 40.0 Å². The van der Waals surface area contributed by atoms with E-state index in [2.05, 4.69) is 31.2 Å². The van der Waals surface area contributed by atoms with E-state index in [1.54, 1.807) is 10.9 Å². The molecule has 6 heteroatoms. The van der Waals surface area contributed by atoms with Crippen molar-refractivity contribution in [3.05, 3.63) is 11.8 Å². The van der Waals surface area contributed by atoms with Crippen LogP contribution in [0.5, 0.6) is 5.88 Å². The summed E-state index contributed by atoms with van der Waals surface area (Å²) in [5, 5.41) is 16.7. The van der Waals surface area contributed by atoms with Crippen molar-refractivity contribution in [2.45, 2.75) is 71.9 Å². The lowest BCUT2D eigenvalue weighted by Crippen LogP contribution is -2.42. The second-order valence-corrected chi connectivity index (χ2v) is 8.91. The second kappa shape index (κ2) is 9.09. The molecule has 0 aliphatic heterocycles. The smallest absolute Gasteiger partial charge is 0.258 e. The van der Waals surface area contributed by atoms with E-state index in [0.29, 0.717) is 36.4 Å². The number of ether oxygens (including phenoxy) is 1. The predicted molar refractivity (Wildman–Crippen MR) is 105 cm³/mol. The Morgan fingerprint density at radius 1 is 1.30 bits per heavy atom. The average molecular weight is 378 g/mol. The molecule has 1 amide bonds. The Kier molecular flexibility index (Phi) is 6.79. The minimum absolute atomic E-state index is 0.0397. The molecule has 2 fully saturated rings. The average Bonchev–Trinajstić information content (AvgIpc) is 3.02. The first kappa shape index (κ1) is 20.2. The number of hydrogen-bond acceptors (Lipinski definition) is 4. The van der Waals surface area contributed by atoms with Crippen LogP contribution in [0.15, 0.2) is 6.20 Å². The van der Waals surface area contributed by atoms with Crippen LogP contribution in [0, 0.1) is 23.7 Å². The monoisotopic (exact) mass is 377 g/mol. The van der Waals surface area contributed by atoms with Gasteiger partial charge in [-0.15, -0.1) is 0 Å².